The Balaban J connectivity index is 0.00000161. The van der Waals surface area contributed by atoms with E-state index < -0.39 is 0 Å². The molecule has 1 amide bonds. The third-order valence-corrected chi connectivity index (χ3v) is 5.60. The Morgan fingerprint density at radius 1 is 1.33 bits per heavy atom. The van der Waals surface area contributed by atoms with Crippen molar-refractivity contribution in [1.82, 2.24) is 10.2 Å². The highest BCUT2D eigenvalue weighted by Gasteiger charge is 2.33. The molecule has 0 bridgehead atoms. The van der Waals surface area contributed by atoms with E-state index in [1.54, 1.807) is 0 Å². The van der Waals surface area contributed by atoms with Crippen molar-refractivity contribution in [2.45, 2.75) is 23.7 Å². The van der Waals surface area contributed by atoms with Gasteiger partial charge >= 0.3 is 0 Å². The largest absolute Gasteiger partial charge is 0.342 e. The number of carbonyl (C=O) groups is 1. The van der Waals surface area contributed by atoms with Gasteiger partial charge in [-0.25, -0.2) is 0 Å². The van der Waals surface area contributed by atoms with Gasteiger partial charge < -0.3 is 10.2 Å². The SMILES string of the molecule is CNCC1CCN(C(=O)C2CSc3ccccc32)CC1.Cl. The van der Waals surface area contributed by atoms with Gasteiger partial charge in [0.1, 0.15) is 0 Å². The molecule has 1 aromatic carbocycles. The lowest BCUT2D eigenvalue weighted by atomic mass is 9.94. The van der Waals surface area contributed by atoms with Crippen LogP contribution in [0.1, 0.15) is 24.3 Å². The number of benzene rings is 1. The summed E-state index contributed by atoms with van der Waals surface area (Å²) >= 11 is 1.82. The molecule has 1 N–H and O–H groups in total. The molecule has 3 rings (SSSR count). The predicted molar refractivity (Wildman–Crippen MR) is 90.4 cm³/mol. The summed E-state index contributed by atoms with van der Waals surface area (Å²) in [4.78, 5) is 16.1. The number of rotatable bonds is 3. The van der Waals surface area contributed by atoms with Crippen LogP contribution in [0.15, 0.2) is 29.2 Å². The van der Waals surface area contributed by atoms with E-state index in [1.165, 1.54) is 10.5 Å². The van der Waals surface area contributed by atoms with Gasteiger partial charge in [-0.1, -0.05) is 18.2 Å². The predicted octanol–water partition coefficient (Wildman–Crippen LogP) is 2.76. The molecule has 1 saturated heterocycles. The standard InChI is InChI=1S/C16H22N2OS.ClH/c1-17-10-12-6-8-18(9-7-12)16(19)14-11-20-15-5-3-2-4-13(14)15;/h2-5,12,14,17H,6-11H2,1H3;1H. The second-order valence-corrected chi connectivity index (χ2v) is 6.79. The van der Waals surface area contributed by atoms with Crippen LogP contribution in [0.4, 0.5) is 0 Å². The number of likely N-dealkylation sites (tertiary alicyclic amines) is 1. The smallest absolute Gasteiger partial charge is 0.231 e. The van der Waals surface area contributed by atoms with E-state index in [-0.39, 0.29) is 18.3 Å². The van der Waals surface area contributed by atoms with E-state index in [4.69, 9.17) is 0 Å². The number of carbonyl (C=O) groups excluding carboxylic acids is 1. The second kappa shape index (κ2) is 7.52. The minimum Gasteiger partial charge on any atom is -0.342 e. The normalized spacial score (nSPS) is 21.8. The van der Waals surface area contributed by atoms with Crippen molar-refractivity contribution in [3.63, 3.8) is 0 Å². The lowest BCUT2D eigenvalue weighted by Crippen LogP contribution is -2.42. The molecule has 0 aliphatic carbocycles. The molecule has 1 unspecified atom stereocenters. The highest BCUT2D eigenvalue weighted by Crippen LogP contribution is 2.40. The third-order valence-electron chi connectivity index (χ3n) is 4.42. The Morgan fingerprint density at radius 2 is 2.05 bits per heavy atom. The van der Waals surface area contributed by atoms with Crippen LogP contribution in [0, 0.1) is 5.92 Å². The van der Waals surface area contributed by atoms with Crippen LogP contribution in [0.2, 0.25) is 0 Å². The van der Waals surface area contributed by atoms with E-state index in [0.717, 1.165) is 44.1 Å². The van der Waals surface area contributed by atoms with Crippen LogP contribution in [0.25, 0.3) is 0 Å². The topological polar surface area (TPSA) is 32.3 Å². The first kappa shape index (κ1) is 16.7. The molecule has 1 atom stereocenters. The van der Waals surface area contributed by atoms with Crippen LogP contribution < -0.4 is 5.32 Å². The Kier molecular flexibility index (Phi) is 5.97. The molecular weight excluding hydrogens is 304 g/mol. The summed E-state index contributed by atoms with van der Waals surface area (Å²) in [5, 5.41) is 3.24. The van der Waals surface area contributed by atoms with Gasteiger partial charge in [-0.3, -0.25) is 4.79 Å². The van der Waals surface area contributed by atoms with Crippen molar-refractivity contribution >= 4 is 30.1 Å². The number of hydrogen-bond acceptors (Lipinski definition) is 3. The fraction of sp³-hybridized carbons (Fsp3) is 0.562. The summed E-state index contributed by atoms with van der Waals surface area (Å²) in [6.45, 7) is 2.92. The number of piperidine rings is 1. The van der Waals surface area contributed by atoms with Gasteiger partial charge in [0.15, 0.2) is 0 Å². The fourth-order valence-corrected chi connectivity index (χ4v) is 4.45. The summed E-state index contributed by atoms with van der Waals surface area (Å²) < 4.78 is 0. The Morgan fingerprint density at radius 3 is 2.76 bits per heavy atom. The van der Waals surface area contributed by atoms with Gasteiger partial charge in [0.25, 0.3) is 0 Å². The molecule has 116 valence electrons. The summed E-state index contributed by atoms with van der Waals surface area (Å²) in [5.41, 5.74) is 1.24. The average Bonchev–Trinajstić information content (AvgIpc) is 2.92. The first-order valence-corrected chi connectivity index (χ1v) is 8.43. The summed E-state index contributed by atoms with van der Waals surface area (Å²) in [7, 11) is 2.00. The van der Waals surface area contributed by atoms with E-state index >= 15 is 0 Å². The number of nitrogens with one attached hydrogen (secondary N) is 1. The van der Waals surface area contributed by atoms with Crippen molar-refractivity contribution in [3.8, 4) is 0 Å². The van der Waals surface area contributed by atoms with Crippen LogP contribution >= 0.6 is 24.2 Å². The summed E-state index contributed by atoms with van der Waals surface area (Å²) in [6, 6.07) is 8.35. The number of halogens is 1. The molecule has 1 aromatic rings. The molecule has 2 aliphatic rings. The number of nitrogens with zero attached hydrogens (tertiary/aromatic N) is 1. The van der Waals surface area contributed by atoms with Gasteiger partial charge in [-0.05, 0) is 44.0 Å². The quantitative estimate of drug-likeness (QED) is 0.927. The Labute approximate surface area is 137 Å². The lowest BCUT2D eigenvalue weighted by molar-refractivity contribution is -0.133. The second-order valence-electron chi connectivity index (χ2n) is 5.73. The summed E-state index contributed by atoms with van der Waals surface area (Å²) in [6.07, 6.45) is 2.27. The van der Waals surface area contributed by atoms with Crippen molar-refractivity contribution in [3.05, 3.63) is 29.8 Å². The number of fused-ring (bicyclic) bond motifs is 1. The molecule has 0 radical (unpaired) electrons. The third kappa shape index (κ3) is 3.55. The number of hydrogen-bond donors (Lipinski definition) is 1. The molecule has 5 heteroatoms. The van der Waals surface area contributed by atoms with Crippen molar-refractivity contribution in [1.29, 1.82) is 0 Å². The zero-order valence-corrected chi connectivity index (χ0v) is 14.0. The highest BCUT2D eigenvalue weighted by atomic mass is 35.5. The minimum absolute atomic E-state index is 0. The van der Waals surface area contributed by atoms with Gasteiger partial charge in [0.2, 0.25) is 5.91 Å². The lowest BCUT2D eigenvalue weighted by Gasteiger charge is -2.33. The highest BCUT2D eigenvalue weighted by molar-refractivity contribution is 7.99. The zero-order valence-electron chi connectivity index (χ0n) is 12.4. The molecular formula is C16H23ClN2OS. The van der Waals surface area contributed by atoms with Crippen molar-refractivity contribution < 1.29 is 4.79 Å². The molecule has 0 saturated carbocycles. The molecule has 0 aromatic heterocycles. The molecule has 2 heterocycles. The van der Waals surface area contributed by atoms with Gasteiger partial charge in [0, 0.05) is 23.7 Å². The first-order chi connectivity index (χ1) is 9.79. The maximum atomic E-state index is 12.7. The van der Waals surface area contributed by atoms with Crippen LogP contribution in [-0.4, -0.2) is 43.2 Å². The van der Waals surface area contributed by atoms with Gasteiger partial charge in [-0.2, -0.15) is 0 Å². The maximum absolute atomic E-state index is 12.7. The fourth-order valence-electron chi connectivity index (χ4n) is 3.23. The van der Waals surface area contributed by atoms with E-state index in [0.29, 0.717) is 5.91 Å². The van der Waals surface area contributed by atoms with Crippen LogP contribution in [0.5, 0.6) is 0 Å². The first-order valence-electron chi connectivity index (χ1n) is 7.44. The van der Waals surface area contributed by atoms with Gasteiger partial charge in [-0.15, -0.1) is 24.2 Å². The zero-order chi connectivity index (χ0) is 13.9. The Bertz CT molecular complexity index is 489. The number of thioether (sulfide) groups is 1. The maximum Gasteiger partial charge on any atom is 0.231 e. The molecule has 0 spiro atoms. The van der Waals surface area contributed by atoms with E-state index in [2.05, 4.69) is 28.4 Å². The van der Waals surface area contributed by atoms with Crippen molar-refractivity contribution in [2.75, 3.05) is 32.4 Å². The molecule has 3 nitrogen and oxygen atoms in total. The number of amides is 1. The van der Waals surface area contributed by atoms with Crippen LogP contribution in [-0.2, 0) is 4.79 Å². The Hall–Kier alpha value is -0.710. The van der Waals surface area contributed by atoms with Crippen molar-refractivity contribution in [2.24, 2.45) is 5.92 Å². The van der Waals surface area contributed by atoms with Crippen LogP contribution in [0.3, 0.4) is 0 Å². The molecule has 21 heavy (non-hydrogen) atoms. The monoisotopic (exact) mass is 326 g/mol. The average molecular weight is 327 g/mol. The van der Waals surface area contributed by atoms with E-state index in [1.807, 2.05) is 24.9 Å². The van der Waals surface area contributed by atoms with Gasteiger partial charge in [0.05, 0.1) is 5.92 Å². The summed E-state index contributed by atoms with van der Waals surface area (Å²) in [5.74, 6) is 2.06. The minimum atomic E-state index is 0. The molecule has 2 aliphatic heterocycles. The van der Waals surface area contributed by atoms with E-state index in [9.17, 15) is 4.79 Å². The molecule has 1 fully saturated rings.